The number of nitro groups is 1. The van der Waals surface area contributed by atoms with Gasteiger partial charge in [0.05, 0.1) is 22.6 Å². The number of benzene rings is 2. The SMILES string of the molecule is O=C(Cc1ccccc1[N+](=O)[O-])N/N=C/c1ccc(-c2cc(Cl)ccc2Cl)o1. The highest BCUT2D eigenvalue weighted by Crippen LogP contribution is 2.31. The molecule has 2 aromatic carbocycles. The van der Waals surface area contributed by atoms with Crippen molar-refractivity contribution in [2.24, 2.45) is 5.10 Å². The summed E-state index contributed by atoms with van der Waals surface area (Å²) >= 11 is 12.1. The van der Waals surface area contributed by atoms with Crippen molar-refractivity contribution in [3.05, 3.63) is 86.1 Å². The lowest BCUT2D eigenvalue weighted by Gasteiger charge is -2.02. The summed E-state index contributed by atoms with van der Waals surface area (Å²) in [5, 5.41) is 15.8. The Kier molecular flexibility index (Phi) is 6.08. The topological polar surface area (TPSA) is 97.7 Å². The quantitative estimate of drug-likeness (QED) is 0.351. The maximum absolute atomic E-state index is 12.0. The number of carbonyl (C=O) groups is 1. The number of hydrogen-bond acceptors (Lipinski definition) is 5. The van der Waals surface area contributed by atoms with E-state index >= 15 is 0 Å². The van der Waals surface area contributed by atoms with Gasteiger partial charge in [0.15, 0.2) is 0 Å². The van der Waals surface area contributed by atoms with E-state index in [1.807, 2.05) is 0 Å². The molecule has 0 saturated carbocycles. The van der Waals surface area contributed by atoms with Crippen LogP contribution in [0.3, 0.4) is 0 Å². The average Bonchev–Trinajstić information content (AvgIpc) is 3.12. The van der Waals surface area contributed by atoms with Gasteiger partial charge in [-0.3, -0.25) is 14.9 Å². The molecule has 1 heterocycles. The van der Waals surface area contributed by atoms with E-state index in [1.165, 1.54) is 18.3 Å². The van der Waals surface area contributed by atoms with Gasteiger partial charge in [-0.25, -0.2) is 5.43 Å². The number of rotatable bonds is 6. The Bertz CT molecular complexity index is 1060. The minimum Gasteiger partial charge on any atom is -0.455 e. The van der Waals surface area contributed by atoms with Crippen LogP contribution >= 0.6 is 23.2 Å². The molecule has 28 heavy (non-hydrogen) atoms. The van der Waals surface area contributed by atoms with Crippen LogP contribution in [0.15, 0.2) is 64.1 Å². The number of carbonyl (C=O) groups excluding carboxylic acids is 1. The predicted molar refractivity (Wildman–Crippen MR) is 107 cm³/mol. The number of nitrogens with zero attached hydrogens (tertiary/aromatic N) is 2. The molecule has 7 nitrogen and oxygen atoms in total. The first-order valence-corrected chi connectivity index (χ1v) is 8.79. The van der Waals surface area contributed by atoms with Crippen LogP contribution in [0.1, 0.15) is 11.3 Å². The Labute approximate surface area is 169 Å². The van der Waals surface area contributed by atoms with E-state index in [-0.39, 0.29) is 12.1 Å². The van der Waals surface area contributed by atoms with Crippen LogP contribution in [0.2, 0.25) is 10.0 Å². The summed E-state index contributed by atoms with van der Waals surface area (Å²) in [7, 11) is 0. The van der Waals surface area contributed by atoms with Crippen molar-refractivity contribution in [2.75, 3.05) is 0 Å². The molecule has 0 atom stereocenters. The fourth-order valence-corrected chi connectivity index (χ4v) is 2.85. The molecule has 9 heteroatoms. The lowest BCUT2D eigenvalue weighted by molar-refractivity contribution is -0.385. The first-order valence-electron chi connectivity index (χ1n) is 8.03. The van der Waals surface area contributed by atoms with Gasteiger partial charge in [0.2, 0.25) is 5.91 Å². The smallest absolute Gasteiger partial charge is 0.273 e. The third-order valence-corrected chi connectivity index (χ3v) is 4.31. The van der Waals surface area contributed by atoms with Gasteiger partial charge in [-0.05, 0) is 30.3 Å². The van der Waals surface area contributed by atoms with Gasteiger partial charge < -0.3 is 4.42 Å². The number of furan rings is 1. The second-order valence-corrected chi connectivity index (χ2v) is 6.53. The fourth-order valence-electron chi connectivity index (χ4n) is 2.47. The van der Waals surface area contributed by atoms with Crippen molar-refractivity contribution in [1.29, 1.82) is 0 Å². The molecule has 0 saturated heterocycles. The normalized spacial score (nSPS) is 10.9. The molecule has 0 fully saturated rings. The van der Waals surface area contributed by atoms with Gasteiger partial charge >= 0.3 is 0 Å². The minimum atomic E-state index is -0.531. The number of halogens is 2. The first kappa shape index (κ1) is 19.6. The van der Waals surface area contributed by atoms with Crippen LogP contribution in [0, 0.1) is 10.1 Å². The van der Waals surface area contributed by atoms with Crippen LogP contribution in [-0.2, 0) is 11.2 Å². The van der Waals surface area contributed by atoms with Crippen molar-refractivity contribution in [3.63, 3.8) is 0 Å². The van der Waals surface area contributed by atoms with Crippen LogP contribution in [0.25, 0.3) is 11.3 Å². The van der Waals surface area contributed by atoms with Crippen molar-refractivity contribution in [3.8, 4) is 11.3 Å². The molecule has 0 spiro atoms. The molecule has 3 rings (SSSR count). The van der Waals surface area contributed by atoms with E-state index < -0.39 is 10.8 Å². The number of nitro benzene ring substituents is 1. The summed E-state index contributed by atoms with van der Waals surface area (Å²) in [5.74, 6) is 0.396. The molecule has 1 N–H and O–H groups in total. The maximum atomic E-state index is 12.0. The van der Waals surface area contributed by atoms with Gasteiger partial charge in [0.1, 0.15) is 11.5 Å². The zero-order valence-corrected chi connectivity index (χ0v) is 15.8. The summed E-state index contributed by atoms with van der Waals surface area (Å²) < 4.78 is 5.62. The summed E-state index contributed by atoms with van der Waals surface area (Å²) in [6.45, 7) is 0. The second-order valence-electron chi connectivity index (χ2n) is 5.68. The van der Waals surface area contributed by atoms with Gasteiger partial charge in [-0.2, -0.15) is 5.10 Å². The molecule has 0 aliphatic heterocycles. The van der Waals surface area contributed by atoms with Crippen molar-refractivity contribution < 1.29 is 14.1 Å². The standard InChI is InChI=1S/C19H13Cl2N3O4/c20-13-5-7-16(21)15(10-13)18-8-6-14(28-18)11-22-23-19(25)9-12-3-1-2-4-17(12)24(26)27/h1-8,10-11H,9H2,(H,23,25)/b22-11+. The third-order valence-electron chi connectivity index (χ3n) is 3.74. The van der Waals surface area contributed by atoms with E-state index in [0.29, 0.717) is 32.7 Å². The maximum Gasteiger partial charge on any atom is 0.273 e. The fraction of sp³-hybridized carbons (Fsp3) is 0.0526. The zero-order valence-electron chi connectivity index (χ0n) is 14.3. The number of nitrogens with one attached hydrogen (secondary N) is 1. The zero-order chi connectivity index (χ0) is 20.1. The third kappa shape index (κ3) is 4.76. The lowest BCUT2D eigenvalue weighted by atomic mass is 10.1. The Hall–Kier alpha value is -3.16. The van der Waals surface area contributed by atoms with Gasteiger partial charge in [0, 0.05) is 22.2 Å². The Balaban J connectivity index is 1.64. The predicted octanol–water partition coefficient (Wildman–Crippen LogP) is 4.85. The Morgan fingerprint density at radius 1 is 1.18 bits per heavy atom. The van der Waals surface area contributed by atoms with E-state index in [4.69, 9.17) is 27.6 Å². The summed E-state index contributed by atoms with van der Waals surface area (Å²) in [6.07, 6.45) is 1.15. The molecule has 142 valence electrons. The Morgan fingerprint density at radius 2 is 1.96 bits per heavy atom. The molecular formula is C19H13Cl2N3O4. The largest absolute Gasteiger partial charge is 0.455 e. The van der Waals surface area contributed by atoms with Crippen molar-refractivity contribution >= 4 is 41.0 Å². The average molecular weight is 418 g/mol. The van der Waals surface area contributed by atoms with Gasteiger partial charge in [0.25, 0.3) is 5.69 Å². The van der Waals surface area contributed by atoms with Crippen LogP contribution in [0.5, 0.6) is 0 Å². The van der Waals surface area contributed by atoms with Gasteiger partial charge in [-0.15, -0.1) is 0 Å². The molecule has 0 aliphatic rings. The lowest BCUT2D eigenvalue weighted by Crippen LogP contribution is -2.20. The molecule has 1 amide bonds. The van der Waals surface area contributed by atoms with E-state index in [2.05, 4.69) is 10.5 Å². The molecule has 1 aromatic heterocycles. The Morgan fingerprint density at radius 3 is 2.75 bits per heavy atom. The van der Waals surface area contributed by atoms with Gasteiger partial charge in [-0.1, -0.05) is 41.4 Å². The monoisotopic (exact) mass is 417 g/mol. The van der Waals surface area contributed by atoms with E-state index in [9.17, 15) is 14.9 Å². The van der Waals surface area contributed by atoms with Crippen molar-refractivity contribution in [1.82, 2.24) is 5.43 Å². The second kappa shape index (κ2) is 8.69. The molecule has 0 unspecified atom stereocenters. The minimum absolute atomic E-state index is 0.115. The summed E-state index contributed by atoms with van der Waals surface area (Å²) in [4.78, 5) is 22.4. The highest BCUT2D eigenvalue weighted by Gasteiger charge is 2.15. The number of hydrazone groups is 1. The van der Waals surface area contributed by atoms with E-state index in [0.717, 1.165) is 0 Å². The first-order chi connectivity index (χ1) is 13.4. The summed E-state index contributed by atoms with van der Waals surface area (Å²) in [5.41, 5.74) is 3.14. The van der Waals surface area contributed by atoms with Crippen LogP contribution in [0.4, 0.5) is 5.69 Å². The molecule has 0 aliphatic carbocycles. The summed E-state index contributed by atoms with van der Waals surface area (Å²) in [6, 6.07) is 14.4. The number of hydrogen-bond donors (Lipinski definition) is 1. The molecule has 0 bridgehead atoms. The molecule has 0 radical (unpaired) electrons. The number of para-hydroxylation sites is 1. The van der Waals surface area contributed by atoms with Crippen LogP contribution in [-0.4, -0.2) is 17.0 Å². The van der Waals surface area contributed by atoms with E-state index in [1.54, 1.807) is 42.5 Å². The number of amides is 1. The molecule has 3 aromatic rings. The highest BCUT2D eigenvalue weighted by molar-refractivity contribution is 6.35. The highest BCUT2D eigenvalue weighted by atomic mass is 35.5. The van der Waals surface area contributed by atoms with Crippen LogP contribution < -0.4 is 5.43 Å². The molecular weight excluding hydrogens is 405 g/mol. The van der Waals surface area contributed by atoms with Crippen molar-refractivity contribution in [2.45, 2.75) is 6.42 Å².